The molecule has 1 heterocycles. The van der Waals surface area contributed by atoms with Gasteiger partial charge in [-0.25, -0.2) is 14.4 Å². The molecule has 0 aliphatic carbocycles. The highest BCUT2D eigenvalue weighted by Crippen LogP contribution is 2.34. The van der Waals surface area contributed by atoms with E-state index >= 15 is 0 Å². The van der Waals surface area contributed by atoms with Gasteiger partial charge in [0.2, 0.25) is 0 Å². The number of anilines is 2. The van der Waals surface area contributed by atoms with Crippen LogP contribution in [0.25, 0.3) is 0 Å². The smallest absolute Gasteiger partial charge is 0.171 e. The van der Waals surface area contributed by atoms with Crippen LogP contribution >= 0.6 is 34.8 Å². The molecule has 1 aromatic carbocycles. The summed E-state index contributed by atoms with van der Waals surface area (Å²) in [6.07, 6.45) is 2.90. The number of nitrogens with one attached hydrogen (secondary N) is 1. The maximum absolute atomic E-state index is 13.0. The predicted octanol–water partition coefficient (Wildman–Crippen LogP) is 4.32. The number of halogens is 4. The Kier molecular flexibility index (Phi) is 3.66. The van der Waals surface area contributed by atoms with Gasteiger partial charge >= 0.3 is 0 Å². The van der Waals surface area contributed by atoms with Crippen LogP contribution in [-0.4, -0.2) is 9.97 Å². The second kappa shape index (κ2) is 5.04. The van der Waals surface area contributed by atoms with Gasteiger partial charge in [-0.2, -0.15) is 0 Å². The average molecular weight is 293 g/mol. The molecule has 0 bridgehead atoms. The van der Waals surface area contributed by atoms with Crippen molar-refractivity contribution in [2.45, 2.75) is 0 Å². The highest BCUT2D eigenvalue weighted by atomic mass is 35.5. The van der Waals surface area contributed by atoms with Crippen molar-refractivity contribution in [1.29, 1.82) is 0 Å². The minimum absolute atomic E-state index is 0.136. The van der Waals surface area contributed by atoms with Crippen LogP contribution < -0.4 is 5.32 Å². The van der Waals surface area contributed by atoms with E-state index < -0.39 is 5.82 Å². The molecule has 88 valence electrons. The average Bonchev–Trinajstić information content (AvgIpc) is 2.25. The molecule has 3 nitrogen and oxygen atoms in total. The third-order valence-corrected chi connectivity index (χ3v) is 2.78. The molecule has 2 aromatic rings. The summed E-state index contributed by atoms with van der Waals surface area (Å²) in [5, 5.41) is 3.24. The Morgan fingerprint density at radius 3 is 2.18 bits per heavy atom. The number of hydrogen-bond acceptors (Lipinski definition) is 3. The lowest BCUT2D eigenvalue weighted by atomic mass is 10.3. The van der Waals surface area contributed by atoms with Crippen LogP contribution in [0.2, 0.25) is 15.2 Å². The first kappa shape index (κ1) is 12.4. The highest BCUT2D eigenvalue weighted by Gasteiger charge is 2.11. The van der Waals surface area contributed by atoms with Gasteiger partial charge in [-0.3, -0.25) is 0 Å². The lowest BCUT2D eigenvalue weighted by Crippen LogP contribution is -1.97. The SMILES string of the molecule is Fc1cc(Cl)c(Nc2nccnc2Cl)c(Cl)c1. The first-order chi connectivity index (χ1) is 8.08. The monoisotopic (exact) mass is 291 g/mol. The molecule has 17 heavy (non-hydrogen) atoms. The van der Waals surface area contributed by atoms with Crippen molar-refractivity contribution in [2.24, 2.45) is 0 Å². The minimum atomic E-state index is -0.518. The fourth-order valence-electron chi connectivity index (χ4n) is 1.18. The van der Waals surface area contributed by atoms with Crippen molar-refractivity contribution in [3.05, 3.63) is 45.5 Å². The molecule has 0 atom stereocenters. The molecule has 2 rings (SSSR count). The quantitative estimate of drug-likeness (QED) is 0.895. The normalized spacial score (nSPS) is 10.4. The van der Waals surface area contributed by atoms with Crippen LogP contribution in [0, 0.1) is 5.82 Å². The molecule has 1 aromatic heterocycles. The lowest BCUT2D eigenvalue weighted by Gasteiger charge is -2.10. The van der Waals surface area contributed by atoms with Crippen LogP contribution in [0.4, 0.5) is 15.9 Å². The van der Waals surface area contributed by atoms with Crippen molar-refractivity contribution in [3.63, 3.8) is 0 Å². The summed E-state index contributed by atoms with van der Waals surface area (Å²) in [7, 11) is 0. The zero-order valence-corrected chi connectivity index (χ0v) is 10.5. The second-order valence-electron chi connectivity index (χ2n) is 3.07. The molecule has 7 heteroatoms. The number of nitrogens with zero attached hydrogens (tertiary/aromatic N) is 2. The minimum Gasteiger partial charge on any atom is -0.335 e. The van der Waals surface area contributed by atoms with Crippen molar-refractivity contribution in [1.82, 2.24) is 9.97 Å². The molecular weight excluding hydrogens is 287 g/mol. The topological polar surface area (TPSA) is 37.8 Å². The van der Waals surface area contributed by atoms with Gasteiger partial charge in [-0.1, -0.05) is 34.8 Å². The van der Waals surface area contributed by atoms with Gasteiger partial charge in [0.15, 0.2) is 11.0 Å². The fraction of sp³-hybridized carbons (Fsp3) is 0. The molecule has 0 spiro atoms. The standard InChI is InChI=1S/C10H5Cl3FN3/c11-6-3-5(14)4-7(12)8(6)17-10-9(13)15-1-2-16-10/h1-4H,(H,16,17). The van der Waals surface area contributed by atoms with E-state index in [2.05, 4.69) is 15.3 Å². The summed E-state index contributed by atoms with van der Waals surface area (Å²) < 4.78 is 13.0. The number of benzene rings is 1. The summed E-state index contributed by atoms with van der Waals surface area (Å²) in [5.41, 5.74) is 0.331. The van der Waals surface area contributed by atoms with E-state index in [9.17, 15) is 4.39 Å². The van der Waals surface area contributed by atoms with E-state index in [4.69, 9.17) is 34.8 Å². The summed E-state index contributed by atoms with van der Waals surface area (Å²) in [6.45, 7) is 0. The zero-order chi connectivity index (χ0) is 12.4. The molecule has 0 saturated carbocycles. The fourth-order valence-corrected chi connectivity index (χ4v) is 1.89. The number of hydrogen-bond donors (Lipinski definition) is 1. The summed E-state index contributed by atoms with van der Waals surface area (Å²) in [5.74, 6) is -0.222. The molecule has 1 N–H and O–H groups in total. The van der Waals surface area contributed by atoms with Gasteiger partial charge in [-0.05, 0) is 12.1 Å². The van der Waals surface area contributed by atoms with E-state index in [0.29, 0.717) is 11.5 Å². The summed E-state index contributed by atoms with van der Waals surface area (Å²) >= 11 is 17.5. The Balaban J connectivity index is 2.40. The summed E-state index contributed by atoms with van der Waals surface area (Å²) in [4.78, 5) is 7.79. The molecular formula is C10H5Cl3FN3. The maximum Gasteiger partial charge on any atom is 0.171 e. The summed E-state index contributed by atoms with van der Waals surface area (Å²) in [6, 6.07) is 2.28. The van der Waals surface area contributed by atoms with Crippen LogP contribution in [0.15, 0.2) is 24.5 Å². The second-order valence-corrected chi connectivity index (χ2v) is 4.24. The molecule has 0 unspecified atom stereocenters. The Hall–Kier alpha value is -1.10. The van der Waals surface area contributed by atoms with Crippen LogP contribution in [-0.2, 0) is 0 Å². The zero-order valence-electron chi connectivity index (χ0n) is 8.22. The Morgan fingerprint density at radius 2 is 1.59 bits per heavy atom. The van der Waals surface area contributed by atoms with Crippen molar-refractivity contribution in [3.8, 4) is 0 Å². The van der Waals surface area contributed by atoms with E-state index in [1.807, 2.05) is 0 Å². The van der Waals surface area contributed by atoms with Crippen molar-refractivity contribution < 1.29 is 4.39 Å². The molecule has 0 aliphatic heterocycles. The highest BCUT2D eigenvalue weighted by molar-refractivity contribution is 6.39. The van der Waals surface area contributed by atoms with Crippen LogP contribution in [0.1, 0.15) is 0 Å². The van der Waals surface area contributed by atoms with E-state index in [0.717, 1.165) is 12.1 Å². The maximum atomic E-state index is 13.0. The van der Waals surface area contributed by atoms with E-state index in [1.54, 1.807) is 0 Å². The molecule has 0 radical (unpaired) electrons. The predicted molar refractivity (Wildman–Crippen MR) is 66.7 cm³/mol. The third kappa shape index (κ3) is 2.77. The number of rotatable bonds is 2. The van der Waals surface area contributed by atoms with Crippen molar-refractivity contribution >= 4 is 46.3 Å². The molecule has 0 saturated heterocycles. The van der Waals surface area contributed by atoms with Gasteiger partial charge in [0.25, 0.3) is 0 Å². The number of aromatic nitrogens is 2. The van der Waals surface area contributed by atoms with Gasteiger partial charge in [0, 0.05) is 12.4 Å². The molecule has 0 aliphatic rings. The van der Waals surface area contributed by atoms with E-state index in [-0.39, 0.29) is 15.2 Å². The van der Waals surface area contributed by atoms with Crippen LogP contribution in [0.3, 0.4) is 0 Å². The van der Waals surface area contributed by atoms with Gasteiger partial charge in [-0.15, -0.1) is 0 Å². The van der Waals surface area contributed by atoms with Gasteiger partial charge in [0.1, 0.15) is 5.82 Å². The Morgan fingerprint density at radius 1 is 1.00 bits per heavy atom. The molecule has 0 amide bonds. The largest absolute Gasteiger partial charge is 0.335 e. The first-order valence-electron chi connectivity index (χ1n) is 4.46. The molecule has 0 fully saturated rings. The van der Waals surface area contributed by atoms with Gasteiger partial charge in [0.05, 0.1) is 15.7 Å². The Bertz CT molecular complexity index is 539. The van der Waals surface area contributed by atoms with Crippen LogP contribution in [0.5, 0.6) is 0 Å². The van der Waals surface area contributed by atoms with Crippen molar-refractivity contribution in [2.75, 3.05) is 5.32 Å². The third-order valence-electron chi connectivity index (χ3n) is 1.90. The Labute approximate surface area is 112 Å². The lowest BCUT2D eigenvalue weighted by molar-refractivity contribution is 0.628. The first-order valence-corrected chi connectivity index (χ1v) is 5.59. The van der Waals surface area contributed by atoms with Gasteiger partial charge < -0.3 is 5.32 Å². The van der Waals surface area contributed by atoms with E-state index in [1.165, 1.54) is 12.4 Å².